The van der Waals surface area contributed by atoms with Gasteiger partial charge in [-0.3, -0.25) is 4.79 Å². The van der Waals surface area contributed by atoms with Gasteiger partial charge in [-0.25, -0.2) is 12.8 Å². The van der Waals surface area contributed by atoms with E-state index in [0.29, 0.717) is 12.8 Å². The monoisotopic (exact) mass is 335 g/mol. The number of aliphatic carboxylic acids is 1. The molecule has 116 valence electrons. The van der Waals surface area contributed by atoms with Crippen molar-refractivity contribution in [3.8, 4) is 0 Å². The van der Waals surface area contributed by atoms with E-state index in [1.807, 2.05) is 0 Å². The molecule has 0 aromatic heterocycles. The van der Waals surface area contributed by atoms with E-state index in [-0.39, 0.29) is 22.5 Å². The first kappa shape index (κ1) is 16.2. The summed E-state index contributed by atoms with van der Waals surface area (Å²) in [4.78, 5) is 10.8. The van der Waals surface area contributed by atoms with Gasteiger partial charge in [0, 0.05) is 17.6 Å². The molecule has 0 spiro atoms. The average Bonchev–Trinajstić information content (AvgIpc) is 2.37. The minimum atomic E-state index is -3.98. The zero-order valence-corrected chi connectivity index (χ0v) is 12.9. The Morgan fingerprint density at radius 1 is 1.38 bits per heavy atom. The molecule has 2 atom stereocenters. The first-order valence-electron chi connectivity index (χ1n) is 6.42. The Morgan fingerprint density at radius 3 is 2.62 bits per heavy atom. The maximum absolute atomic E-state index is 13.4. The van der Waals surface area contributed by atoms with Crippen LogP contribution in [-0.2, 0) is 14.8 Å². The number of carboxylic acid groups (broad SMARTS) is 1. The number of carbonyl (C=O) groups is 1. The fourth-order valence-electron chi connectivity index (χ4n) is 2.42. The van der Waals surface area contributed by atoms with Crippen LogP contribution in [0.15, 0.2) is 23.1 Å². The molecule has 0 bridgehead atoms. The third-order valence-electron chi connectivity index (χ3n) is 3.62. The highest BCUT2D eigenvalue weighted by atomic mass is 35.5. The lowest BCUT2D eigenvalue weighted by Gasteiger charge is -2.35. The third kappa shape index (κ3) is 3.36. The van der Waals surface area contributed by atoms with Gasteiger partial charge < -0.3 is 5.11 Å². The predicted molar refractivity (Wildman–Crippen MR) is 75.1 cm³/mol. The Morgan fingerprint density at radius 2 is 2.05 bits per heavy atom. The Balaban J connectivity index is 2.39. The molecule has 1 aromatic rings. The van der Waals surface area contributed by atoms with E-state index in [4.69, 9.17) is 16.7 Å². The van der Waals surface area contributed by atoms with Crippen molar-refractivity contribution in [2.24, 2.45) is 5.92 Å². The van der Waals surface area contributed by atoms with Crippen molar-refractivity contribution in [2.45, 2.75) is 30.7 Å². The zero-order chi connectivity index (χ0) is 15.8. The molecule has 21 heavy (non-hydrogen) atoms. The van der Waals surface area contributed by atoms with Crippen molar-refractivity contribution < 1.29 is 22.7 Å². The molecule has 1 aliphatic heterocycles. The van der Waals surface area contributed by atoms with Gasteiger partial charge in [0.15, 0.2) is 0 Å². The average molecular weight is 336 g/mol. The second kappa shape index (κ2) is 5.90. The Hall–Kier alpha value is -1.18. The summed E-state index contributed by atoms with van der Waals surface area (Å²) in [6.45, 7) is 1.59. The molecule has 8 heteroatoms. The van der Waals surface area contributed by atoms with Crippen molar-refractivity contribution in [3.05, 3.63) is 29.0 Å². The third-order valence-corrected chi connectivity index (χ3v) is 5.79. The maximum Gasteiger partial charge on any atom is 0.307 e. The molecular formula is C13H15ClFNO4S. The van der Waals surface area contributed by atoms with Crippen molar-refractivity contribution in [1.82, 2.24) is 4.31 Å². The van der Waals surface area contributed by atoms with E-state index in [0.717, 1.165) is 22.5 Å². The fourth-order valence-corrected chi connectivity index (χ4v) is 4.47. The topological polar surface area (TPSA) is 74.7 Å². The number of benzene rings is 1. The standard InChI is InChI=1S/C13H15ClFNO4S/c1-8-2-3-9(13(17)18)7-16(8)21(19,20)12-5-10(14)4-11(15)6-12/h4-6,8-9H,2-3,7H2,1H3,(H,17,18). The summed E-state index contributed by atoms with van der Waals surface area (Å²) >= 11 is 5.69. The van der Waals surface area contributed by atoms with Gasteiger partial charge in [-0.1, -0.05) is 11.6 Å². The van der Waals surface area contributed by atoms with Gasteiger partial charge >= 0.3 is 5.97 Å². The molecule has 1 fully saturated rings. The van der Waals surface area contributed by atoms with Crippen molar-refractivity contribution in [2.75, 3.05) is 6.54 Å². The molecule has 1 aliphatic rings. The number of piperidine rings is 1. The van der Waals surface area contributed by atoms with Gasteiger partial charge in [0.05, 0.1) is 10.8 Å². The van der Waals surface area contributed by atoms with Crippen LogP contribution in [0.5, 0.6) is 0 Å². The smallest absolute Gasteiger partial charge is 0.307 e. The number of halogens is 2. The van der Waals surface area contributed by atoms with Gasteiger partial charge in [0.25, 0.3) is 0 Å². The van der Waals surface area contributed by atoms with Crippen molar-refractivity contribution in [1.29, 1.82) is 0 Å². The number of hydrogen-bond donors (Lipinski definition) is 1. The van der Waals surface area contributed by atoms with E-state index >= 15 is 0 Å². The lowest BCUT2D eigenvalue weighted by Crippen LogP contribution is -2.47. The first-order valence-corrected chi connectivity index (χ1v) is 8.24. The molecule has 2 unspecified atom stereocenters. The first-order chi connectivity index (χ1) is 9.71. The zero-order valence-electron chi connectivity index (χ0n) is 11.3. The molecule has 0 amide bonds. The van der Waals surface area contributed by atoms with Crippen molar-refractivity contribution in [3.63, 3.8) is 0 Å². The van der Waals surface area contributed by atoms with Gasteiger partial charge in [-0.15, -0.1) is 0 Å². The molecule has 1 N–H and O–H groups in total. The molecule has 0 saturated carbocycles. The Bertz CT molecular complexity index is 644. The highest BCUT2D eigenvalue weighted by Gasteiger charge is 2.37. The van der Waals surface area contributed by atoms with Gasteiger partial charge in [0.1, 0.15) is 5.82 Å². The van der Waals surface area contributed by atoms with Crippen LogP contribution in [0, 0.1) is 11.7 Å². The number of carboxylic acids is 1. The molecule has 1 aromatic carbocycles. The Labute approximate surface area is 127 Å². The lowest BCUT2D eigenvalue weighted by molar-refractivity contribution is -0.143. The van der Waals surface area contributed by atoms with E-state index in [2.05, 4.69) is 0 Å². The lowest BCUT2D eigenvalue weighted by atomic mass is 9.96. The quantitative estimate of drug-likeness (QED) is 0.920. The van der Waals surface area contributed by atoms with E-state index < -0.39 is 27.7 Å². The van der Waals surface area contributed by atoms with Crippen LogP contribution in [0.3, 0.4) is 0 Å². The highest BCUT2D eigenvalue weighted by Crippen LogP contribution is 2.29. The molecule has 1 heterocycles. The fraction of sp³-hybridized carbons (Fsp3) is 0.462. The minimum Gasteiger partial charge on any atom is -0.481 e. The van der Waals surface area contributed by atoms with Crippen LogP contribution >= 0.6 is 11.6 Å². The summed E-state index contributed by atoms with van der Waals surface area (Å²) in [6.07, 6.45) is 0.867. The largest absolute Gasteiger partial charge is 0.481 e. The maximum atomic E-state index is 13.4. The van der Waals surface area contributed by atoms with Gasteiger partial charge in [-0.2, -0.15) is 4.31 Å². The number of sulfonamides is 1. The van der Waals surface area contributed by atoms with Crippen LogP contribution in [0.1, 0.15) is 19.8 Å². The van der Waals surface area contributed by atoms with Gasteiger partial charge in [-0.05, 0) is 38.0 Å². The number of hydrogen-bond acceptors (Lipinski definition) is 3. The van der Waals surface area contributed by atoms with Crippen LogP contribution in [0.25, 0.3) is 0 Å². The van der Waals surface area contributed by atoms with Crippen LogP contribution < -0.4 is 0 Å². The van der Waals surface area contributed by atoms with E-state index in [1.54, 1.807) is 6.92 Å². The Kier molecular flexibility index (Phi) is 4.55. The SMILES string of the molecule is CC1CCC(C(=O)O)CN1S(=O)(=O)c1cc(F)cc(Cl)c1. The summed E-state index contributed by atoms with van der Waals surface area (Å²) < 4.78 is 39.6. The van der Waals surface area contributed by atoms with E-state index in [1.165, 1.54) is 0 Å². The molecule has 0 aliphatic carbocycles. The number of nitrogens with zero attached hydrogens (tertiary/aromatic N) is 1. The van der Waals surface area contributed by atoms with E-state index in [9.17, 15) is 17.6 Å². The minimum absolute atomic E-state index is 0.0203. The molecule has 2 rings (SSSR count). The summed E-state index contributed by atoms with van der Waals surface area (Å²) in [6, 6.07) is 2.72. The summed E-state index contributed by atoms with van der Waals surface area (Å²) in [7, 11) is -3.98. The second-order valence-corrected chi connectivity index (χ2v) is 7.47. The molecule has 5 nitrogen and oxygen atoms in total. The number of rotatable bonds is 3. The van der Waals surface area contributed by atoms with Crippen LogP contribution in [0.2, 0.25) is 5.02 Å². The van der Waals surface area contributed by atoms with Crippen LogP contribution in [-0.4, -0.2) is 36.4 Å². The molecule has 1 saturated heterocycles. The van der Waals surface area contributed by atoms with Crippen LogP contribution in [0.4, 0.5) is 4.39 Å². The van der Waals surface area contributed by atoms with Gasteiger partial charge in [0.2, 0.25) is 10.0 Å². The normalized spacial score (nSPS) is 24.0. The highest BCUT2D eigenvalue weighted by molar-refractivity contribution is 7.89. The second-order valence-electron chi connectivity index (χ2n) is 5.14. The molecule has 0 radical (unpaired) electrons. The summed E-state index contributed by atoms with van der Waals surface area (Å²) in [5, 5.41) is 9.04. The summed E-state index contributed by atoms with van der Waals surface area (Å²) in [5.41, 5.74) is 0. The molecular weight excluding hydrogens is 321 g/mol. The van der Waals surface area contributed by atoms with Crippen molar-refractivity contribution >= 4 is 27.6 Å². The predicted octanol–water partition coefficient (Wildman–Crippen LogP) is 2.35. The summed E-state index contributed by atoms with van der Waals surface area (Å²) in [5.74, 6) is -2.53.